The largest absolute Gasteiger partial charge is 0.462 e. The van der Waals surface area contributed by atoms with Crippen molar-refractivity contribution in [3.8, 4) is 0 Å². The van der Waals surface area contributed by atoms with E-state index in [1.165, 1.54) is 13.1 Å². The summed E-state index contributed by atoms with van der Waals surface area (Å²) in [5.74, 6) is 0.452. The first-order valence-corrected chi connectivity index (χ1v) is 7.80. The second-order valence-corrected chi connectivity index (χ2v) is 5.63. The quantitative estimate of drug-likeness (QED) is 0.396. The van der Waals surface area contributed by atoms with Gasteiger partial charge in [0.15, 0.2) is 0 Å². The number of rotatable bonds is 8. The zero-order valence-corrected chi connectivity index (χ0v) is 13.0. The van der Waals surface area contributed by atoms with Gasteiger partial charge in [-0.05, 0) is 36.8 Å². The highest BCUT2D eigenvalue weighted by Crippen LogP contribution is 2.17. The van der Waals surface area contributed by atoms with Crippen molar-refractivity contribution in [3.05, 3.63) is 35.5 Å². The predicted octanol–water partition coefficient (Wildman–Crippen LogP) is 4.69. The molecule has 0 bridgehead atoms. The van der Waals surface area contributed by atoms with E-state index in [1.54, 1.807) is 23.9 Å². The molecule has 21 heavy (non-hydrogen) atoms. The van der Waals surface area contributed by atoms with E-state index in [1.807, 2.05) is 0 Å². The van der Waals surface area contributed by atoms with Gasteiger partial charge in [-0.25, -0.2) is 9.78 Å². The molecule has 0 aliphatic carbocycles. The van der Waals surface area contributed by atoms with E-state index in [2.05, 4.69) is 11.9 Å². The van der Waals surface area contributed by atoms with Crippen LogP contribution in [0.3, 0.4) is 0 Å². The van der Waals surface area contributed by atoms with Gasteiger partial charge >= 0.3 is 5.97 Å². The number of hydrogen-bond acceptors (Lipinski definition) is 4. The highest BCUT2D eigenvalue weighted by Gasteiger charge is 2.09. The number of nitrogens with zero attached hydrogens (tertiary/aromatic N) is 1. The van der Waals surface area contributed by atoms with Gasteiger partial charge in [0.25, 0.3) is 6.08 Å². The summed E-state index contributed by atoms with van der Waals surface area (Å²) in [5, 5.41) is 0.860. The Morgan fingerprint density at radius 1 is 1.38 bits per heavy atom. The van der Waals surface area contributed by atoms with Crippen LogP contribution in [0, 0.1) is 0 Å². The summed E-state index contributed by atoms with van der Waals surface area (Å²) in [6.07, 6.45) is 2.02. The summed E-state index contributed by atoms with van der Waals surface area (Å²) in [4.78, 5) is 15.9. The number of thioether (sulfide) groups is 1. The number of esters is 1. The van der Waals surface area contributed by atoms with Crippen LogP contribution < -0.4 is 0 Å². The Balaban J connectivity index is 2.42. The Morgan fingerprint density at radius 2 is 2.14 bits per heavy atom. The fraction of sp³-hybridized carbons (Fsp3) is 0.467. The maximum Gasteiger partial charge on any atom is 0.339 e. The minimum absolute atomic E-state index is 0.0342. The van der Waals surface area contributed by atoms with Crippen molar-refractivity contribution < 1.29 is 18.3 Å². The molecular weight excluding hydrogens is 296 g/mol. The lowest BCUT2D eigenvalue weighted by molar-refractivity contribution is 0.0507. The minimum atomic E-state index is -1.72. The monoisotopic (exact) mass is 315 g/mol. The van der Waals surface area contributed by atoms with Gasteiger partial charge < -0.3 is 4.74 Å². The van der Waals surface area contributed by atoms with Gasteiger partial charge in [-0.2, -0.15) is 8.78 Å². The van der Waals surface area contributed by atoms with Crippen LogP contribution in [0.1, 0.15) is 43.5 Å². The molecule has 0 saturated carbocycles. The molecule has 0 aliphatic rings. The first-order chi connectivity index (χ1) is 10.0. The van der Waals surface area contributed by atoms with E-state index in [0.717, 1.165) is 23.6 Å². The van der Waals surface area contributed by atoms with Gasteiger partial charge in [0.2, 0.25) is 0 Å². The molecule has 0 radical (unpaired) electrons. The van der Waals surface area contributed by atoms with Gasteiger partial charge in [0.1, 0.15) is 0 Å². The molecule has 1 aromatic heterocycles. The lowest BCUT2D eigenvalue weighted by atomic mass is 10.2. The van der Waals surface area contributed by atoms with E-state index >= 15 is 0 Å². The molecule has 3 nitrogen and oxygen atoms in total. The maximum absolute atomic E-state index is 12.2. The number of unbranched alkanes of at least 4 members (excludes halogenated alkanes) is 1. The van der Waals surface area contributed by atoms with E-state index in [0.29, 0.717) is 5.56 Å². The third kappa shape index (κ3) is 6.71. The molecule has 116 valence electrons. The SMILES string of the molecule is CCCCSc1ccc(C(=O)OCCC(C)=C(F)F)cn1. The topological polar surface area (TPSA) is 39.2 Å². The number of halogens is 2. The molecule has 0 aromatic carbocycles. The lowest BCUT2D eigenvalue weighted by Crippen LogP contribution is -2.07. The molecule has 1 heterocycles. The van der Waals surface area contributed by atoms with Crippen molar-refractivity contribution in [2.24, 2.45) is 0 Å². The maximum atomic E-state index is 12.2. The number of hydrogen-bond donors (Lipinski definition) is 0. The molecule has 0 fully saturated rings. The molecule has 0 spiro atoms. The van der Waals surface area contributed by atoms with Gasteiger partial charge in [-0.1, -0.05) is 13.3 Å². The molecule has 0 unspecified atom stereocenters. The zero-order valence-electron chi connectivity index (χ0n) is 12.2. The third-order valence-corrected chi connectivity index (χ3v) is 3.78. The summed E-state index contributed by atoms with van der Waals surface area (Å²) < 4.78 is 29.3. The summed E-state index contributed by atoms with van der Waals surface area (Å²) in [6, 6.07) is 3.41. The van der Waals surface area contributed by atoms with Gasteiger partial charge in [0, 0.05) is 12.6 Å². The van der Waals surface area contributed by atoms with Crippen LogP contribution in [0.2, 0.25) is 0 Å². The van der Waals surface area contributed by atoms with E-state index in [-0.39, 0.29) is 18.6 Å². The molecule has 1 aromatic rings. The Morgan fingerprint density at radius 3 is 2.71 bits per heavy atom. The fourth-order valence-corrected chi connectivity index (χ4v) is 2.32. The summed E-state index contributed by atoms with van der Waals surface area (Å²) in [6.45, 7) is 3.38. The fourth-order valence-electron chi connectivity index (χ4n) is 1.38. The molecule has 6 heteroatoms. The normalized spacial score (nSPS) is 10.3. The molecule has 0 aliphatic heterocycles. The minimum Gasteiger partial charge on any atom is -0.462 e. The number of pyridine rings is 1. The van der Waals surface area contributed by atoms with Crippen LogP contribution in [0.25, 0.3) is 0 Å². The standard InChI is InChI=1S/C15H19F2NO2S/c1-3-4-9-21-13-6-5-12(10-18-13)15(19)20-8-7-11(2)14(16)17/h5-6,10H,3-4,7-9H2,1-2H3. The van der Waals surface area contributed by atoms with Crippen molar-refractivity contribution in [1.82, 2.24) is 4.98 Å². The number of carbonyl (C=O) groups excluding carboxylic acids is 1. The number of ether oxygens (including phenoxy) is 1. The van der Waals surface area contributed by atoms with Gasteiger partial charge in [-0.15, -0.1) is 11.8 Å². The molecule has 0 N–H and O–H groups in total. The Labute approximate surface area is 127 Å². The van der Waals surface area contributed by atoms with Crippen molar-refractivity contribution in [3.63, 3.8) is 0 Å². The van der Waals surface area contributed by atoms with Crippen LogP contribution in [0.4, 0.5) is 8.78 Å². The smallest absolute Gasteiger partial charge is 0.339 e. The second kappa shape index (κ2) is 9.50. The first-order valence-electron chi connectivity index (χ1n) is 6.81. The Bertz CT molecular complexity index is 485. The molecular formula is C15H19F2NO2S. The third-order valence-electron chi connectivity index (χ3n) is 2.75. The average molecular weight is 315 g/mol. The molecule has 1 rings (SSSR count). The van der Waals surface area contributed by atoms with Gasteiger partial charge in [0.05, 0.1) is 17.2 Å². The number of carbonyl (C=O) groups is 1. The average Bonchev–Trinajstić information content (AvgIpc) is 2.47. The highest BCUT2D eigenvalue weighted by molar-refractivity contribution is 7.99. The van der Waals surface area contributed by atoms with Crippen molar-refractivity contribution in [2.75, 3.05) is 12.4 Å². The second-order valence-electron chi connectivity index (χ2n) is 4.51. The van der Waals surface area contributed by atoms with Crippen LogP contribution in [0.15, 0.2) is 35.0 Å². The molecule has 0 saturated heterocycles. The summed E-state index contributed by atoms with van der Waals surface area (Å²) in [5.41, 5.74) is 0.265. The number of aromatic nitrogens is 1. The van der Waals surface area contributed by atoms with Crippen molar-refractivity contribution in [2.45, 2.75) is 38.1 Å². The molecule has 0 amide bonds. The predicted molar refractivity (Wildman–Crippen MR) is 79.7 cm³/mol. The molecule has 0 atom stereocenters. The highest BCUT2D eigenvalue weighted by atomic mass is 32.2. The van der Waals surface area contributed by atoms with Crippen molar-refractivity contribution >= 4 is 17.7 Å². The van der Waals surface area contributed by atoms with Crippen LogP contribution in [-0.4, -0.2) is 23.3 Å². The van der Waals surface area contributed by atoms with E-state index in [4.69, 9.17) is 4.74 Å². The summed E-state index contributed by atoms with van der Waals surface area (Å²) in [7, 11) is 0. The Kier molecular flexibility index (Phi) is 7.97. The van der Waals surface area contributed by atoms with Crippen LogP contribution >= 0.6 is 11.8 Å². The summed E-state index contributed by atoms with van der Waals surface area (Å²) >= 11 is 1.64. The Hall–Kier alpha value is -1.43. The lowest BCUT2D eigenvalue weighted by Gasteiger charge is -2.05. The zero-order chi connectivity index (χ0) is 15.7. The van der Waals surface area contributed by atoms with E-state index in [9.17, 15) is 13.6 Å². The van der Waals surface area contributed by atoms with E-state index < -0.39 is 12.0 Å². The van der Waals surface area contributed by atoms with Gasteiger partial charge in [-0.3, -0.25) is 0 Å². The van der Waals surface area contributed by atoms with Crippen LogP contribution in [0.5, 0.6) is 0 Å². The first kappa shape index (κ1) is 17.6. The van der Waals surface area contributed by atoms with Crippen LogP contribution in [-0.2, 0) is 4.74 Å². The van der Waals surface area contributed by atoms with Crippen molar-refractivity contribution in [1.29, 1.82) is 0 Å².